The number of rotatable bonds is 7. The Balaban J connectivity index is 0.00000288. The molecule has 1 fully saturated rings. The Kier molecular flexibility index (Phi) is 9.03. The lowest BCUT2D eigenvalue weighted by Gasteiger charge is -2.27. The third kappa shape index (κ3) is 6.26. The predicted molar refractivity (Wildman–Crippen MR) is 92.9 cm³/mol. The monoisotopic (exact) mass is 360 g/mol. The van der Waals surface area contributed by atoms with Crippen LogP contribution in [0.25, 0.3) is 0 Å². The van der Waals surface area contributed by atoms with E-state index in [9.17, 15) is 9.18 Å². The van der Waals surface area contributed by atoms with Crippen LogP contribution in [-0.2, 0) is 9.53 Å². The first-order chi connectivity index (χ1) is 11.1. The van der Waals surface area contributed by atoms with E-state index in [0.29, 0.717) is 31.9 Å². The van der Waals surface area contributed by atoms with Crippen molar-refractivity contribution in [3.05, 3.63) is 30.1 Å². The first-order valence-electron chi connectivity index (χ1n) is 8.13. The van der Waals surface area contributed by atoms with Crippen LogP contribution < -0.4 is 15.8 Å². The predicted octanol–water partition coefficient (Wildman–Crippen LogP) is 2.27. The van der Waals surface area contributed by atoms with Gasteiger partial charge in [-0.1, -0.05) is 13.0 Å². The molecule has 1 aromatic carbocycles. The molecule has 2 unspecified atom stereocenters. The summed E-state index contributed by atoms with van der Waals surface area (Å²) in [5, 5.41) is 2.84. The molecule has 7 heteroatoms. The first-order valence-corrected chi connectivity index (χ1v) is 8.13. The van der Waals surface area contributed by atoms with Crippen LogP contribution in [-0.4, -0.2) is 37.8 Å². The second-order valence-electron chi connectivity index (χ2n) is 5.83. The summed E-state index contributed by atoms with van der Waals surface area (Å²) < 4.78 is 24.2. The van der Waals surface area contributed by atoms with Gasteiger partial charge in [0, 0.05) is 19.3 Å². The molecule has 0 saturated carbocycles. The van der Waals surface area contributed by atoms with E-state index in [1.54, 1.807) is 12.1 Å². The SMILES string of the molecule is CCC(CNC(=O)C(N)C1CCOCC1)Oc1cccc(F)c1.Cl. The van der Waals surface area contributed by atoms with Gasteiger partial charge < -0.3 is 20.5 Å². The minimum atomic E-state index is -0.523. The van der Waals surface area contributed by atoms with E-state index < -0.39 is 6.04 Å². The molecule has 1 aliphatic heterocycles. The molecule has 1 heterocycles. The fourth-order valence-electron chi connectivity index (χ4n) is 2.62. The largest absolute Gasteiger partial charge is 0.489 e. The highest BCUT2D eigenvalue weighted by Gasteiger charge is 2.26. The number of hydrogen-bond acceptors (Lipinski definition) is 4. The van der Waals surface area contributed by atoms with E-state index >= 15 is 0 Å². The van der Waals surface area contributed by atoms with Crippen molar-refractivity contribution in [1.82, 2.24) is 5.32 Å². The highest BCUT2D eigenvalue weighted by molar-refractivity contribution is 5.85. The first kappa shape index (κ1) is 20.7. The van der Waals surface area contributed by atoms with Gasteiger partial charge in [0.15, 0.2) is 0 Å². The molecule has 2 rings (SSSR count). The Morgan fingerprint density at radius 3 is 2.79 bits per heavy atom. The fraction of sp³-hybridized carbons (Fsp3) is 0.588. The maximum absolute atomic E-state index is 13.2. The number of nitrogens with one attached hydrogen (secondary N) is 1. The van der Waals surface area contributed by atoms with Crippen molar-refractivity contribution in [2.75, 3.05) is 19.8 Å². The van der Waals surface area contributed by atoms with Crippen molar-refractivity contribution in [3.63, 3.8) is 0 Å². The lowest BCUT2D eigenvalue weighted by atomic mass is 9.92. The van der Waals surface area contributed by atoms with Crippen molar-refractivity contribution in [3.8, 4) is 5.75 Å². The summed E-state index contributed by atoms with van der Waals surface area (Å²) >= 11 is 0. The van der Waals surface area contributed by atoms with Crippen molar-refractivity contribution >= 4 is 18.3 Å². The van der Waals surface area contributed by atoms with E-state index in [1.165, 1.54) is 12.1 Å². The van der Waals surface area contributed by atoms with Gasteiger partial charge in [0.1, 0.15) is 17.7 Å². The molecule has 0 aromatic heterocycles. The molecule has 1 aromatic rings. The Hall–Kier alpha value is -1.37. The van der Waals surface area contributed by atoms with Crippen LogP contribution in [0.15, 0.2) is 24.3 Å². The average molecular weight is 361 g/mol. The van der Waals surface area contributed by atoms with E-state index in [-0.39, 0.29) is 36.2 Å². The fourth-order valence-corrected chi connectivity index (χ4v) is 2.62. The second kappa shape index (κ2) is 10.5. The molecule has 1 saturated heterocycles. The number of ether oxygens (including phenoxy) is 2. The molecule has 0 bridgehead atoms. The number of carbonyl (C=O) groups is 1. The van der Waals surface area contributed by atoms with Gasteiger partial charge >= 0.3 is 0 Å². The van der Waals surface area contributed by atoms with Gasteiger partial charge in [0.05, 0.1) is 12.6 Å². The van der Waals surface area contributed by atoms with Crippen LogP contribution in [0, 0.1) is 11.7 Å². The number of halogens is 2. The van der Waals surface area contributed by atoms with Gasteiger partial charge in [-0.05, 0) is 37.3 Å². The molecular weight excluding hydrogens is 335 g/mol. The van der Waals surface area contributed by atoms with E-state index in [1.807, 2.05) is 6.92 Å². The number of hydrogen-bond donors (Lipinski definition) is 2. The summed E-state index contributed by atoms with van der Waals surface area (Å²) in [5.41, 5.74) is 6.03. The van der Waals surface area contributed by atoms with Crippen LogP contribution in [0.2, 0.25) is 0 Å². The number of carbonyl (C=O) groups excluding carboxylic acids is 1. The van der Waals surface area contributed by atoms with E-state index in [2.05, 4.69) is 5.32 Å². The summed E-state index contributed by atoms with van der Waals surface area (Å²) in [6.07, 6.45) is 2.10. The van der Waals surface area contributed by atoms with Gasteiger partial charge in [0.25, 0.3) is 0 Å². The molecule has 1 aliphatic rings. The second-order valence-corrected chi connectivity index (χ2v) is 5.83. The summed E-state index contributed by atoms with van der Waals surface area (Å²) in [4.78, 5) is 12.2. The Morgan fingerprint density at radius 2 is 2.17 bits per heavy atom. The lowest BCUT2D eigenvalue weighted by Crippen LogP contribution is -2.49. The van der Waals surface area contributed by atoms with E-state index in [0.717, 1.165) is 12.8 Å². The normalized spacial score (nSPS) is 17.5. The number of nitrogens with two attached hydrogens (primary N) is 1. The molecule has 0 spiro atoms. The van der Waals surface area contributed by atoms with Gasteiger partial charge in [-0.25, -0.2) is 4.39 Å². The summed E-state index contributed by atoms with van der Waals surface area (Å²) in [7, 11) is 0. The minimum absolute atomic E-state index is 0. The molecule has 136 valence electrons. The quantitative estimate of drug-likeness (QED) is 0.782. The van der Waals surface area contributed by atoms with E-state index in [4.69, 9.17) is 15.2 Å². The molecule has 1 amide bonds. The van der Waals surface area contributed by atoms with Crippen molar-refractivity contribution in [2.45, 2.75) is 38.3 Å². The van der Waals surface area contributed by atoms with Crippen LogP contribution in [0.3, 0.4) is 0 Å². The highest BCUT2D eigenvalue weighted by atomic mass is 35.5. The van der Waals surface area contributed by atoms with Crippen LogP contribution in [0.4, 0.5) is 4.39 Å². The van der Waals surface area contributed by atoms with Crippen LogP contribution >= 0.6 is 12.4 Å². The number of benzene rings is 1. The summed E-state index contributed by atoms with van der Waals surface area (Å²) in [6.45, 7) is 3.62. The molecule has 0 radical (unpaired) electrons. The maximum Gasteiger partial charge on any atom is 0.237 e. The standard InChI is InChI=1S/C17H25FN2O3.ClH/c1-2-14(23-15-5-3-4-13(18)10-15)11-20-17(21)16(19)12-6-8-22-9-7-12;/h3-5,10,12,14,16H,2,6-9,11,19H2,1H3,(H,20,21);1H. The van der Waals surface area contributed by atoms with Gasteiger partial charge in [-0.15, -0.1) is 12.4 Å². The highest BCUT2D eigenvalue weighted by Crippen LogP contribution is 2.18. The van der Waals surface area contributed by atoms with Crippen LogP contribution in [0.1, 0.15) is 26.2 Å². The molecule has 2 atom stereocenters. The van der Waals surface area contributed by atoms with Gasteiger partial charge in [-0.2, -0.15) is 0 Å². The zero-order chi connectivity index (χ0) is 16.7. The average Bonchev–Trinajstić information content (AvgIpc) is 2.58. The Bertz CT molecular complexity index is 512. The molecular formula is C17H26ClFN2O3. The summed E-state index contributed by atoms with van der Waals surface area (Å²) in [5.74, 6) is 0.105. The zero-order valence-electron chi connectivity index (χ0n) is 13.9. The summed E-state index contributed by atoms with van der Waals surface area (Å²) in [6, 6.07) is 5.46. The van der Waals surface area contributed by atoms with Crippen molar-refractivity contribution < 1.29 is 18.7 Å². The third-order valence-electron chi connectivity index (χ3n) is 4.13. The number of amides is 1. The Morgan fingerprint density at radius 1 is 1.46 bits per heavy atom. The van der Waals surface area contributed by atoms with Crippen molar-refractivity contribution in [1.29, 1.82) is 0 Å². The van der Waals surface area contributed by atoms with Gasteiger partial charge in [0.2, 0.25) is 5.91 Å². The van der Waals surface area contributed by atoms with Crippen LogP contribution in [0.5, 0.6) is 5.75 Å². The minimum Gasteiger partial charge on any atom is -0.489 e. The lowest BCUT2D eigenvalue weighted by molar-refractivity contribution is -0.124. The zero-order valence-corrected chi connectivity index (χ0v) is 14.7. The topological polar surface area (TPSA) is 73.6 Å². The maximum atomic E-state index is 13.2. The molecule has 3 N–H and O–H groups in total. The molecule has 24 heavy (non-hydrogen) atoms. The van der Waals surface area contributed by atoms with Crippen molar-refractivity contribution in [2.24, 2.45) is 11.7 Å². The third-order valence-corrected chi connectivity index (χ3v) is 4.13. The molecule has 0 aliphatic carbocycles. The smallest absolute Gasteiger partial charge is 0.237 e. The molecule has 5 nitrogen and oxygen atoms in total. The Labute approximate surface area is 148 Å². The van der Waals surface area contributed by atoms with Gasteiger partial charge in [-0.3, -0.25) is 4.79 Å².